The van der Waals surface area contributed by atoms with Crippen LogP contribution in [0.5, 0.6) is 5.75 Å². The number of benzene rings is 2. The van der Waals surface area contributed by atoms with Gasteiger partial charge in [-0.3, -0.25) is 0 Å². The van der Waals surface area contributed by atoms with E-state index in [1.165, 1.54) is 87.3 Å². The Kier molecular flexibility index (Phi) is 14.0. The maximum absolute atomic E-state index is 6.04. The number of unbranched alkanes of at least 4 members (excludes halogenated alkanes) is 8. The van der Waals surface area contributed by atoms with Gasteiger partial charge in [-0.2, -0.15) is 0 Å². The van der Waals surface area contributed by atoms with Crippen LogP contribution >= 0.6 is 0 Å². The molecule has 2 aromatic rings. The van der Waals surface area contributed by atoms with Crippen LogP contribution in [0.25, 0.3) is 11.1 Å². The first-order valence-electron chi connectivity index (χ1n) is 14.8. The molecular formula is C33H50O3. The minimum atomic E-state index is 0.0248. The average molecular weight is 495 g/mol. The van der Waals surface area contributed by atoms with Crippen molar-refractivity contribution >= 4 is 0 Å². The van der Waals surface area contributed by atoms with Crippen LogP contribution in [0.2, 0.25) is 0 Å². The highest BCUT2D eigenvalue weighted by molar-refractivity contribution is 5.64. The maximum atomic E-state index is 6.04. The molecule has 2 aromatic carbocycles. The summed E-state index contributed by atoms with van der Waals surface area (Å²) in [5.41, 5.74) is 3.92. The fourth-order valence-corrected chi connectivity index (χ4v) is 4.94. The number of rotatable bonds is 18. The van der Waals surface area contributed by atoms with E-state index < -0.39 is 0 Å². The molecule has 0 aromatic heterocycles. The number of hydrogen-bond donors (Lipinski definition) is 0. The van der Waals surface area contributed by atoms with Gasteiger partial charge in [0, 0.05) is 6.61 Å². The van der Waals surface area contributed by atoms with Crippen molar-refractivity contribution in [1.29, 1.82) is 0 Å². The van der Waals surface area contributed by atoms with E-state index in [2.05, 4.69) is 62.4 Å². The molecule has 1 fully saturated rings. The van der Waals surface area contributed by atoms with Crippen molar-refractivity contribution in [2.24, 2.45) is 0 Å². The highest BCUT2D eigenvalue weighted by Gasteiger charge is 2.16. The van der Waals surface area contributed by atoms with Crippen molar-refractivity contribution in [3.63, 3.8) is 0 Å². The van der Waals surface area contributed by atoms with Gasteiger partial charge in [-0.05, 0) is 80.7 Å². The third-order valence-corrected chi connectivity index (χ3v) is 7.26. The normalized spacial score (nSPS) is 16.7. The van der Waals surface area contributed by atoms with Crippen LogP contribution in [0, 0.1) is 0 Å². The van der Waals surface area contributed by atoms with Gasteiger partial charge in [0.1, 0.15) is 5.75 Å². The first kappa shape index (κ1) is 28.7. The predicted octanol–water partition coefficient (Wildman–Crippen LogP) is 9.52. The van der Waals surface area contributed by atoms with E-state index in [0.29, 0.717) is 0 Å². The Labute approximate surface area is 220 Å². The van der Waals surface area contributed by atoms with E-state index in [4.69, 9.17) is 14.2 Å². The molecule has 3 rings (SSSR count). The minimum Gasteiger partial charge on any atom is -0.494 e. The molecule has 1 aliphatic rings. The molecule has 0 aliphatic carbocycles. The molecule has 0 saturated carbocycles. The first-order valence-corrected chi connectivity index (χ1v) is 14.8. The second-order valence-electron chi connectivity index (χ2n) is 10.5. The van der Waals surface area contributed by atoms with Crippen LogP contribution in [0.15, 0.2) is 48.5 Å². The zero-order valence-corrected chi connectivity index (χ0v) is 23.0. The molecule has 0 N–H and O–H groups in total. The summed E-state index contributed by atoms with van der Waals surface area (Å²) in [4.78, 5) is 0. The topological polar surface area (TPSA) is 27.7 Å². The van der Waals surface area contributed by atoms with Crippen LogP contribution in [0.3, 0.4) is 0 Å². The zero-order chi connectivity index (χ0) is 25.3. The van der Waals surface area contributed by atoms with E-state index in [9.17, 15) is 0 Å². The summed E-state index contributed by atoms with van der Waals surface area (Å²) in [6.07, 6.45) is 19.0. The fourth-order valence-electron chi connectivity index (χ4n) is 4.94. The van der Waals surface area contributed by atoms with Gasteiger partial charge in [-0.1, -0.05) is 94.7 Å². The smallest absolute Gasteiger partial charge is 0.157 e. The molecule has 1 heterocycles. The Morgan fingerprint density at radius 1 is 0.778 bits per heavy atom. The Morgan fingerprint density at radius 2 is 1.44 bits per heavy atom. The first-order chi connectivity index (χ1) is 17.7. The van der Waals surface area contributed by atoms with Gasteiger partial charge in [-0.25, -0.2) is 0 Å². The molecule has 2 unspecified atom stereocenters. The molecule has 1 aliphatic heterocycles. The average Bonchev–Trinajstić information content (AvgIpc) is 2.91. The summed E-state index contributed by atoms with van der Waals surface area (Å²) in [7, 11) is 0. The number of ether oxygens (including phenoxy) is 3. The summed E-state index contributed by atoms with van der Waals surface area (Å²) in [5.74, 6) is 0.978. The van der Waals surface area contributed by atoms with Gasteiger partial charge >= 0.3 is 0 Å². The van der Waals surface area contributed by atoms with Crippen LogP contribution in [0.4, 0.5) is 0 Å². The summed E-state index contributed by atoms with van der Waals surface area (Å²) in [5, 5.41) is 0. The van der Waals surface area contributed by atoms with Crippen molar-refractivity contribution in [3.05, 3.63) is 54.1 Å². The molecular weight excluding hydrogens is 444 g/mol. The molecule has 3 heteroatoms. The lowest BCUT2D eigenvalue weighted by Gasteiger charge is -2.26. The number of hydrogen-bond acceptors (Lipinski definition) is 3. The van der Waals surface area contributed by atoms with Crippen molar-refractivity contribution < 1.29 is 14.2 Å². The third-order valence-electron chi connectivity index (χ3n) is 7.26. The Hall–Kier alpha value is -1.84. The molecule has 2 atom stereocenters. The van der Waals surface area contributed by atoms with Gasteiger partial charge in [0.2, 0.25) is 0 Å². The molecule has 200 valence electrons. The quantitative estimate of drug-likeness (QED) is 0.193. The van der Waals surface area contributed by atoms with Crippen molar-refractivity contribution in [3.8, 4) is 16.9 Å². The molecule has 0 amide bonds. The molecule has 0 bridgehead atoms. The standard InChI is InChI=1S/C33H50O3/c1-3-4-5-6-7-8-9-13-26-34-32-24-22-31(23-25-32)30-20-18-29(19-21-30)16-11-10-15-28(2)36-33-17-12-14-27-35-33/h18-25,28,33H,3-17,26-27H2,1-2H3. The van der Waals surface area contributed by atoms with Crippen LogP contribution in [-0.4, -0.2) is 25.6 Å². The van der Waals surface area contributed by atoms with E-state index >= 15 is 0 Å². The fraction of sp³-hybridized carbons (Fsp3) is 0.636. The molecule has 0 spiro atoms. The lowest BCUT2D eigenvalue weighted by atomic mass is 10.0. The van der Waals surface area contributed by atoms with E-state index in [1.807, 2.05) is 0 Å². The van der Waals surface area contributed by atoms with E-state index in [-0.39, 0.29) is 12.4 Å². The largest absolute Gasteiger partial charge is 0.494 e. The lowest BCUT2D eigenvalue weighted by Crippen LogP contribution is -2.26. The summed E-state index contributed by atoms with van der Waals surface area (Å²) in [6, 6.07) is 17.6. The third kappa shape index (κ3) is 11.5. The second-order valence-corrected chi connectivity index (χ2v) is 10.5. The Morgan fingerprint density at radius 3 is 2.11 bits per heavy atom. The van der Waals surface area contributed by atoms with Crippen molar-refractivity contribution in [2.45, 2.75) is 123 Å². The Bertz CT molecular complexity index is 793. The maximum Gasteiger partial charge on any atom is 0.157 e. The summed E-state index contributed by atoms with van der Waals surface area (Å²) in [6.45, 7) is 6.13. The van der Waals surface area contributed by atoms with Gasteiger partial charge in [0.15, 0.2) is 6.29 Å². The van der Waals surface area contributed by atoms with E-state index in [1.54, 1.807) is 0 Å². The number of aryl methyl sites for hydroxylation is 1. The SMILES string of the molecule is CCCCCCCCCCOc1ccc(-c2ccc(CCCCC(C)OC3CCCCO3)cc2)cc1. The molecule has 1 saturated heterocycles. The van der Waals surface area contributed by atoms with Gasteiger partial charge in [-0.15, -0.1) is 0 Å². The zero-order valence-electron chi connectivity index (χ0n) is 23.0. The predicted molar refractivity (Wildman–Crippen MR) is 152 cm³/mol. The van der Waals surface area contributed by atoms with E-state index in [0.717, 1.165) is 44.6 Å². The minimum absolute atomic E-state index is 0.0248. The van der Waals surface area contributed by atoms with Gasteiger partial charge < -0.3 is 14.2 Å². The highest BCUT2D eigenvalue weighted by Crippen LogP contribution is 2.24. The highest BCUT2D eigenvalue weighted by atomic mass is 16.7. The molecule has 36 heavy (non-hydrogen) atoms. The lowest BCUT2D eigenvalue weighted by molar-refractivity contribution is -0.185. The Balaban J connectivity index is 1.28. The monoisotopic (exact) mass is 494 g/mol. The van der Waals surface area contributed by atoms with Crippen LogP contribution in [-0.2, 0) is 15.9 Å². The molecule has 3 nitrogen and oxygen atoms in total. The van der Waals surface area contributed by atoms with Crippen LogP contribution in [0.1, 0.15) is 109 Å². The van der Waals surface area contributed by atoms with Crippen molar-refractivity contribution in [2.75, 3.05) is 13.2 Å². The van der Waals surface area contributed by atoms with Crippen molar-refractivity contribution in [1.82, 2.24) is 0 Å². The van der Waals surface area contributed by atoms with Gasteiger partial charge in [0.25, 0.3) is 0 Å². The summed E-state index contributed by atoms with van der Waals surface area (Å²) >= 11 is 0. The van der Waals surface area contributed by atoms with Crippen LogP contribution < -0.4 is 4.74 Å². The second kappa shape index (κ2) is 17.6. The molecule has 0 radical (unpaired) electrons. The van der Waals surface area contributed by atoms with Gasteiger partial charge in [0.05, 0.1) is 12.7 Å². The summed E-state index contributed by atoms with van der Waals surface area (Å²) < 4.78 is 17.7.